The van der Waals surface area contributed by atoms with E-state index in [1.165, 1.54) is 0 Å². The van der Waals surface area contributed by atoms with E-state index < -0.39 is 6.04 Å². The third-order valence-electron chi connectivity index (χ3n) is 4.42. The zero-order chi connectivity index (χ0) is 19.1. The molecule has 2 rings (SSSR count). The topological polar surface area (TPSA) is 67.9 Å². The Bertz CT molecular complexity index is 638. The molecule has 0 aromatic heterocycles. The molecule has 0 aliphatic carbocycles. The zero-order valence-corrected chi connectivity index (χ0v) is 16.7. The van der Waals surface area contributed by atoms with Crippen LogP contribution >= 0.6 is 11.8 Å². The minimum absolute atomic E-state index is 0.0228. The number of methoxy groups -OCH3 is 2. The van der Waals surface area contributed by atoms with E-state index in [0.717, 1.165) is 18.4 Å². The highest BCUT2D eigenvalue weighted by molar-refractivity contribution is 7.99. The summed E-state index contributed by atoms with van der Waals surface area (Å²) in [5.41, 5.74) is 0.929. The number of carbonyl (C=O) groups excluding carboxylic acids is 2. The quantitative estimate of drug-likeness (QED) is 0.702. The van der Waals surface area contributed by atoms with Gasteiger partial charge in [0.1, 0.15) is 11.4 Å². The predicted octanol–water partition coefficient (Wildman–Crippen LogP) is 2.97. The third kappa shape index (κ3) is 4.44. The maximum Gasteiger partial charge on any atom is 0.243 e. The number of nitrogens with one attached hydrogen (secondary N) is 1. The predicted molar refractivity (Wildman–Crippen MR) is 104 cm³/mol. The van der Waals surface area contributed by atoms with Crippen molar-refractivity contribution in [1.29, 1.82) is 0 Å². The molecule has 1 saturated heterocycles. The molecule has 2 unspecified atom stereocenters. The Morgan fingerprint density at radius 3 is 2.58 bits per heavy atom. The van der Waals surface area contributed by atoms with E-state index in [1.54, 1.807) is 30.9 Å². The molecule has 1 aromatic rings. The van der Waals surface area contributed by atoms with Gasteiger partial charge in [0.05, 0.1) is 14.2 Å². The maximum atomic E-state index is 12.6. The van der Waals surface area contributed by atoms with Gasteiger partial charge in [0.15, 0.2) is 11.5 Å². The molecule has 0 saturated carbocycles. The molecule has 0 bridgehead atoms. The molecule has 1 aliphatic heterocycles. The van der Waals surface area contributed by atoms with Gasteiger partial charge in [-0.25, -0.2) is 0 Å². The van der Waals surface area contributed by atoms with Crippen LogP contribution in [0.5, 0.6) is 11.5 Å². The van der Waals surface area contributed by atoms with Crippen LogP contribution in [0.3, 0.4) is 0 Å². The standard InChI is InChI=1S/C19H28N2O4S/c1-5-7-10-20-18(23)14-12-26-19(21(14)17(22)6-2)13-8-9-15(24-3)16(11-13)25-4/h8-9,11,14,19H,5-7,10,12H2,1-4H3,(H,20,23). The minimum atomic E-state index is -0.442. The van der Waals surface area contributed by atoms with Gasteiger partial charge in [-0.1, -0.05) is 26.3 Å². The first-order valence-corrected chi connectivity index (χ1v) is 10.0. The fourth-order valence-electron chi connectivity index (χ4n) is 2.96. The molecular weight excluding hydrogens is 352 g/mol. The number of ether oxygens (including phenoxy) is 2. The van der Waals surface area contributed by atoms with Crippen molar-refractivity contribution in [3.05, 3.63) is 23.8 Å². The van der Waals surface area contributed by atoms with Gasteiger partial charge in [0.25, 0.3) is 0 Å². The summed E-state index contributed by atoms with van der Waals surface area (Å²) < 4.78 is 10.7. The van der Waals surface area contributed by atoms with Crippen LogP contribution in [0.15, 0.2) is 18.2 Å². The summed E-state index contributed by atoms with van der Waals surface area (Å²) in [6.45, 7) is 4.55. The first-order chi connectivity index (χ1) is 12.6. The molecule has 0 spiro atoms. The highest BCUT2D eigenvalue weighted by Crippen LogP contribution is 2.44. The largest absolute Gasteiger partial charge is 0.493 e. The van der Waals surface area contributed by atoms with E-state index in [9.17, 15) is 9.59 Å². The monoisotopic (exact) mass is 380 g/mol. The number of rotatable bonds is 8. The first-order valence-electron chi connectivity index (χ1n) is 8.99. The van der Waals surface area contributed by atoms with Crippen LogP contribution in [0.25, 0.3) is 0 Å². The molecule has 144 valence electrons. The lowest BCUT2D eigenvalue weighted by molar-refractivity contribution is -0.139. The van der Waals surface area contributed by atoms with Crippen molar-refractivity contribution in [2.75, 3.05) is 26.5 Å². The van der Waals surface area contributed by atoms with Gasteiger partial charge in [-0.3, -0.25) is 9.59 Å². The highest BCUT2D eigenvalue weighted by Gasteiger charge is 2.41. The number of nitrogens with zero attached hydrogens (tertiary/aromatic N) is 1. The Balaban J connectivity index is 2.25. The van der Waals surface area contributed by atoms with Crippen LogP contribution in [0.1, 0.15) is 44.0 Å². The number of unbranched alkanes of at least 4 members (excludes halogenated alkanes) is 1. The molecule has 1 N–H and O–H groups in total. The minimum Gasteiger partial charge on any atom is -0.493 e. The second-order valence-corrected chi connectivity index (χ2v) is 7.23. The van der Waals surface area contributed by atoms with Crippen molar-refractivity contribution in [3.8, 4) is 11.5 Å². The molecule has 1 aliphatic rings. The van der Waals surface area contributed by atoms with E-state index in [4.69, 9.17) is 9.47 Å². The summed E-state index contributed by atoms with van der Waals surface area (Å²) in [6, 6.07) is 5.19. The van der Waals surface area contributed by atoms with E-state index >= 15 is 0 Å². The van der Waals surface area contributed by atoms with Gasteiger partial charge in [0.2, 0.25) is 11.8 Å². The summed E-state index contributed by atoms with van der Waals surface area (Å²) in [4.78, 5) is 26.9. The first kappa shape index (κ1) is 20.4. The Hall–Kier alpha value is -1.89. The van der Waals surface area contributed by atoms with Crippen LogP contribution in [0, 0.1) is 0 Å². The third-order valence-corrected chi connectivity index (χ3v) is 5.74. The summed E-state index contributed by atoms with van der Waals surface area (Å²) in [6.07, 6.45) is 2.32. The van der Waals surface area contributed by atoms with Crippen molar-refractivity contribution < 1.29 is 19.1 Å². The van der Waals surface area contributed by atoms with Crippen molar-refractivity contribution in [2.45, 2.75) is 44.5 Å². The molecule has 1 fully saturated rings. The van der Waals surface area contributed by atoms with Crippen molar-refractivity contribution in [2.24, 2.45) is 0 Å². The van der Waals surface area contributed by atoms with E-state index in [1.807, 2.05) is 25.1 Å². The zero-order valence-electron chi connectivity index (χ0n) is 15.9. The number of thioether (sulfide) groups is 1. The summed E-state index contributed by atoms with van der Waals surface area (Å²) >= 11 is 1.60. The van der Waals surface area contributed by atoms with Gasteiger partial charge in [-0.15, -0.1) is 11.8 Å². The number of benzene rings is 1. The SMILES string of the molecule is CCCCNC(=O)C1CSC(c2ccc(OC)c(OC)c2)N1C(=O)CC. The highest BCUT2D eigenvalue weighted by atomic mass is 32.2. The van der Waals surface area contributed by atoms with Gasteiger partial charge in [-0.05, 0) is 24.1 Å². The fraction of sp³-hybridized carbons (Fsp3) is 0.579. The van der Waals surface area contributed by atoms with Crippen LogP contribution in [-0.2, 0) is 9.59 Å². The van der Waals surface area contributed by atoms with Crippen LogP contribution in [-0.4, -0.2) is 49.3 Å². The van der Waals surface area contributed by atoms with Crippen LogP contribution < -0.4 is 14.8 Å². The Morgan fingerprint density at radius 1 is 1.23 bits per heavy atom. The average molecular weight is 381 g/mol. The Kier molecular flexibility index (Phi) is 7.63. The fourth-order valence-corrected chi connectivity index (χ4v) is 4.41. The second kappa shape index (κ2) is 9.71. The molecule has 0 radical (unpaired) electrons. The average Bonchev–Trinajstić information content (AvgIpc) is 3.12. The lowest BCUT2D eigenvalue weighted by atomic mass is 10.1. The molecule has 6 nitrogen and oxygen atoms in total. The van der Waals surface area contributed by atoms with Crippen LogP contribution in [0.2, 0.25) is 0 Å². The Morgan fingerprint density at radius 2 is 1.96 bits per heavy atom. The number of amides is 2. The normalized spacial score (nSPS) is 19.3. The smallest absolute Gasteiger partial charge is 0.243 e. The van der Waals surface area contributed by atoms with Crippen molar-refractivity contribution in [3.63, 3.8) is 0 Å². The lowest BCUT2D eigenvalue weighted by Crippen LogP contribution is -2.48. The van der Waals surface area contributed by atoms with E-state index in [0.29, 0.717) is 30.2 Å². The molecular formula is C19H28N2O4S. The summed E-state index contributed by atoms with van der Waals surface area (Å²) in [5, 5.41) is 2.75. The van der Waals surface area contributed by atoms with Crippen molar-refractivity contribution in [1.82, 2.24) is 10.2 Å². The van der Waals surface area contributed by atoms with Gasteiger partial charge >= 0.3 is 0 Å². The van der Waals surface area contributed by atoms with Gasteiger partial charge < -0.3 is 19.7 Å². The molecule has 7 heteroatoms. The summed E-state index contributed by atoms with van der Waals surface area (Å²) in [7, 11) is 3.17. The van der Waals surface area contributed by atoms with Crippen molar-refractivity contribution >= 4 is 23.6 Å². The summed E-state index contributed by atoms with van der Waals surface area (Å²) in [5.74, 6) is 1.75. The maximum absolute atomic E-state index is 12.6. The molecule has 2 atom stereocenters. The molecule has 1 heterocycles. The lowest BCUT2D eigenvalue weighted by Gasteiger charge is -2.29. The van der Waals surface area contributed by atoms with E-state index in [2.05, 4.69) is 12.2 Å². The second-order valence-electron chi connectivity index (χ2n) is 6.12. The number of hydrogen-bond acceptors (Lipinski definition) is 5. The van der Waals surface area contributed by atoms with Gasteiger partial charge in [-0.2, -0.15) is 0 Å². The number of carbonyl (C=O) groups is 2. The number of hydrogen-bond donors (Lipinski definition) is 1. The van der Waals surface area contributed by atoms with Gasteiger partial charge in [0, 0.05) is 18.7 Å². The molecule has 1 aromatic carbocycles. The molecule has 2 amide bonds. The Labute approximate surface area is 159 Å². The van der Waals surface area contributed by atoms with E-state index in [-0.39, 0.29) is 17.2 Å². The van der Waals surface area contributed by atoms with Crippen LogP contribution in [0.4, 0.5) is 0 Å². The molecule has 26 heavy (non-hydrogen) atoms.